The Balaban J connectivity index is 2.39. The van der Waals surface area contributed by atoms with Crippen LogP contribution in [0.5, 0.6) is 0 Å². The van der Waals surface area contributed by atoms with Gasteiger partial charge in [0.25, 0.3) is 0 Å². The van der Waals surface area contributed by atoms with Crippen molar-refractivity contribution in [2.45, 2.75) is 61.0 Å². The third-order valence-electron chi connectivity index (χ3n) is 4.67. The lowest BCUT2D eigenvalue weighted by Crippen LogP contribution is -2.38. The summed E-state index contributed by atoms with van der Waals surface area (Å²) in [7, 11) is -3.25. The van der Waals surface area contributed by atoms with Crippen LogP contribution < -0.4 is 0 Å². The molecule has 0 saturated carbocycles. The first-order valence-electron chi connectivity index (χ1n) is 9.46. The average Bonchev–Trinajstić information content (AvgIpc) is 2.61. The maximum atomic E-state index is 13.4. The van der Waals surface area contributed by atoms with E-state index in [0.717, 1.165) is 15.6 Å². The Labute approximate surface area is 187 Å². The highest BCUT2D eigenvalue weighted by molar-refractivity contribution is 9.11. The molecular weight excluding hydrogens is 468 g/mol. The molecule has 0 bridgehead atoms. The maximum Gasteiger partial charge on any atom is 0.145 e. The molecule has 0 radical (unpaired) electrons. The van der Waals surface area contributed by atoms with Gasteiger partial charge in [0.05, 0.1) is 27.7 Å². The Morgan fingerprint density at radius 2 is 1.34 bits per heavy atom. The summed E-state index contributed by atoms with van der Waals surface area (Å²) in [5.74, 6) is 0. The van der Waals surface area contributed by atoms with Gasteiger partial charge < -0.3 is 5.11 Å². The second-order valence-corrected chi connectivity index (χ2v) is 12.8. The molecule has 158 valence electrons. The van der Waals surface area contributed by atoms with Gasteiger partial charge in [0.1, 0.15) is 4.58 Å². The lowest BCUT2D eigenvalue weighted by atomic mass is 9.84. The molecule has 6 heteroatoms. The van der Waals surface area contributed by atoms with E-state index in [1.165, 1.54) is 0 Å². The van der Waals surface area contributed by atoms with Crippen molar-refractivity contribution < 1.29 is 13.5 Å². The van der Waals surface area contributed by atoms with Gasteiger partial charge in [-0.1, -0.05) is 71.7 Å². The number of rotatable bonds is 9. The van der Waals surface area contributed by atoms with E-state index < -0.39 is 32.3 Å². The van der Waals surface area contributed by atoms with Crippen LogP contribution in [0.2, 0.25) is 0 Å². The molecule has 0 spiro atoms. The smallest absolute Gasteiger partial charge is 0.145 e. The summed E-state index contributed by atoms with van der Waals surface area (Å²) in [6, 6.07) is 14.6. The zero-order chi connectivity index (χ0) is 21.8. The van der Waals surface area contributed by atoms with Crippen LogP contribution in [0.15, 0.2) is 69.4 Å². The van der Waals surface area contributed by atoms with E-state index in [4.69, 9.17) is 0 Å². The van der Waals surface area contributed by atoms with Gasteiger partial charge in [0.2, 0.25) is 0 Å². The number of hydrogen-bond acceptors (Lipinski definition) is 3. The lowest BCUT2D eigenvalue weighted by Gasteiger charge is -2.30. The number of aliphatic hydroxyl groups excluding tert-OH is 1. The van der Waals surface area contributed by atoms with E-state index in [9.17, 15) is 13.5 Å². The molecule has 0 amide bonds. The average molecular weight is 498 g/mol. The predicted molar refractivity (Wildman–Crippen MR) is 126 cm³/mol. The van der Waals surface area contributed by atoms with Crippen molar-refractivity contribution in [3.8, 4) is 0 Å². The summed E-state index contributed by atoms with van der Waals surface area (Å²) in [6.45, 7) is 11.8. The molecule has 2 rings (SSSR count). The fourth-order valence-electron chi connectivity index (χ4n) is 3.23. The molecule has 0 aliphatic carbocycles. The fraction of sp³-hybridized carbons (Fsp3) is 0.391. The minimum atomic E-state index is -1.63. The van der Waals surface area contributed by atoms with Gasteiger partial charge in [-0.3, -0.25) is 8.42 Å². The first-order chi connectivity index (χ1) is 13.5. The van der Waals surface area contributed by atoms with E-state index in [-0.39, 0.29) is 5.41 Å². The quantitative estimate of drug-likeness (QED) is 0.489. The summed E-state index contributed by atoms with van der Waals surface area (Å²) >= 11 is 3.39. The molecule has 2 aromatic rings. The molecule has 2 aromatic carbocycles. The first kappa shape index (κ1) is 24.2. The number of aryl methyl sites for hydroxylation is 2. The van der Waals surface area contributed by atoms with Gasteiger partial charge in [-0.2, -0.15) is 0 Å². The van der Waals surface area contributed by atoms with Crippen molar-refractivity contribution in [3.05, 3.63) is 70.7 Å². The highest BCUT2D eigenvalue weighted by Gasteiger charge is 2.36. The highest BCUT2D eigenvalue weighted by Crippen LogP contribution is 2.35. The predicted octanol–water partition coefficient (Wildman–Crippen LogP) is 5.62. The molecule has 1 N–H and O–H groups in total. The third kappa shape index (κ3) is 6.99. The Bertz CT molecular complexity index is 832. The van der Waals surface area contributed by atoms with Gasteiger partial charge in [-0.25, -0.2) is 0 Å². The molecule has 0 aliphatic rings. The molecule has 3 nitrogen and oxygen atoms in total. The third-order valence-corrected chi connectivity index (χ3v) is 8.95. The second-order valence-electron chi connectivity index (χ2n) is 8.22. The second kappa shape index (κ2) is 10.3. The Morgan fingerprint density at radius 3 is 1.69 bits per heavy atom. The minimum Gasteiger partial charge on any atom is -0.391 e. The number of halogens is 1. The lowest BCUT2D eigenvalue weighted by molar-refractivity contribution is 0.126. The minimum absolute atomic E-state index is 0.285. The van der Waals surface area contributed by atoms with Gasteiger partial charge in [-0.05, 0) is 60.9 Å². The molecule has 3 atom stereocenters. The van der Waals surface area contributed by atoms with E-state index in [2.05, 4.69) is 22.5 Å². The van der Waals surface area contributed by atoms with Crippen molar-refractivity contribution >= 4 is 37.5 Å². The van der Waals surface area contributed by atoms with E-state index in [0.29, 0.717) is 22.6 Å². The van der Waals surface area contributed by atoms with E-state index in [1.54, 1.807) is 24.3 Å². The normalized spacial score (nSPS) is 15.1. The number of aliphatic hydroxyl groups is 1. The van der Waals surface area contributed by atoms with Crippen LogP contribution in [0.3, 0.4) is 0 Å². The number of allylic oxidation sites excluding steroid dienone is 1. The van der Waals surface area contributed by atoms with Crippen molar-refractivity contribution in [1.29, 1.82) is 0 Å². The molecule has 0 saturated heterocycles. The Hall–Kier alpha value is -1.08. The van der Waals surface area contributed by atoms with Gasteiger partial charge >= 0.3 is 0 Å². The topological polar surface area (TPSA) is 54.4 Å². The van der Waals surface area contributed by atoms with Crippen molar-refractivity contribution in [2.24, 2.45) is 5.41 Å². The molecule has 29 heavy (non-hydrogen) atoms. The van der Waals surface area contributed by atoms with Gasteiger partial charge in [0.15, 0.2) is 0 Å². The fourth-order valence-corrected chi connectivity index (χ4v) is 7.40. The zero-order valence-electron chi connectivity index (χ0n) is 17.4. The van der Waals surface area contributed by atoms with Crippen LogP contribution in [0.4, 0.5) is 0 Å². The van der Waals surface area contributed by atoms with Crippen LogP contribution in [0.1, 0.15) is 37.8 Å². The molecule has 0 unspecified atom stereocenters. The Kier molecular flexibility index (Phi) is 8.59. The largest absolute Gasteiger partial charge is 0.391 e. The van der Waals surface area contributed by atoms with E-state index in [1.807, 2.05) is 52.0 Å². The Morgan fingerprint density at radius 1 is 0.966 bits per heavy atom. The summed E-state index contributed by atoms with van der Waals surface area (Å²) in [5, 5.41) is 11.1. The molecular formula is C23H29BrO3S2. The van der Waals surface area contributed by atoms with Crippen LogP contribution >= 0.6 is 15.9 Å². The first-order valence-corrected chi connectivity index (χ1v) is 12.7. The zero-order valence-corrected chi connectivity index (χ0v) is 20.6. The molecule has 0 aromatic heterocycles. The summed E-state index contributed by atoms with van der Waals surface area (Å²) < 4.78 is 26.7. The SMILES string of the molecule is C=C(Br)CC(C)(C)C[C@H](O)C([S@@](=O)c1ccc(C)cc1)[S@@](=O)c1ccc(C)cc1. The summed E-state index contributed by atoms with van der Waals surface area (Å²) in [4.78, 5) is 1.14. The summed E-state index contributed by atoms with van der Waals surface area (Å²) in [6.07, 6.45) is 0.0175. The van der Waals surface area contributed by atoms with Crippen LogP contribution in [0.25, 0.3) is 0 Å². The standard InChI is InChI=1S/C23H29BrO3S2/c1-16-6-10-19(11-7-16)28(26)22(21(25)15-23(4,5)14-18(3)24)29(27)20-12-8-17(2)9-13-20/h6-13,21-22,25H,3,14-15H2,1-2,4-5H3/t21-,28-,29-/m0/s1. The van der Waals surface area contributed by atoms with Crippen molar-refractivity contribution in [2.75, 3.05) is 0 Å². The van der Waals surface area contributed by atoms with Crippen molar-refractivity contribution in [3.63, 3.8) is 0 Å². The van der Waals surface area contributed by atoms with Crippen LogP contribution in [0, 0.1) is 19.3 Å². The van der Waals surface area contributed by atoms with Crippen molar-refractivity contribution in [1.82, 2.24) is 0 Å². The highest BCUT2D eigenvalue weighted by atomic mass is 79.9. The van der Waals surface area contributed by atoms with Gasteiger partial charge in [0, 0.05) is 9.79 Å². The maximum absolute atomic E-state index is 13.4. The molecule has 0 aliphatic heterocycles. The monoisotopic (exact) mass is 496 g/mol. The van der Waals surface area contributed by atoms with E-state index >= 15 is 0 Å². The van der Waals surface area contributed by atoms with Gasteiger partial charge in [-0.15, -0.1) is 0 Å². The summed E-state index contributed by atoms with van der Waals surface area (Å²) in [5.41, 5.74) is 1.83. The number of benzene rings is 2. The van der Waals surface area contributed by atoms with Crippen LogP contribution in [-0.4, -0.2) is 24.2 Å². The molecule has 0 fully saturated rings. The van der Waals surface area contributed by atoms with Crippen LogP contribution in [-0.2, 0) is 21.6 Å². The molecule has 0 heterocycles. The number of hydrogen-bond donors (Lipinski definition) is 1.